The van der Waals surface area contributed by atoms with Crippen molar-refractivity contribution in [1.29, 1.82) is 0 Å². The third kappa shape index (κ3) is 10.5. The summed E-state index contributed by atoms with van der Waals surface area (Å²) in [6, 6.07) is 3.38. The van der Waals surface area contributed by atoms with Crippen LogP contribution in [0, 0.1) is 17.7 Å². The van der Waals surface area contributed by atoms with E-state index in [-0.39, 0.29) is 10.9 Å². The number of rotatable bonds is 15. The third-order valence-corrected chi connectivity index (χ3v) is 8.16. The zero-order valence-corrected chi connectivity index (χ0v) is 23.9. The minimum atomic E-state index is -4.37. The van der Waals surface area contributed by atoms with Gasteiger partial charge in [-0.25, -0.2) is 4.39 Å². The molecule has 2 heterocycles. The fourth-order valence-corrected chi connectivity index (χ4v) is 6.20. The summed E-state index contributed by atoms with van der Waals surface area (Å²) in [6.07, 6.45) is 7.50. The lowest BCUT2D eigenvalue weighted by molar-refractivity contribution is -0.162. The number of aryl methyl sites for hydroxylation is 2. The summed E-state index contributed by atoms with van der Waals surface area (Å²) in [6.45, 7) is 7.93. The molecule has 0 radical (unpaired) electrons. The van der Waals surface area contributed by atoms with E-state index >= 15 is 0 Å². The van der Waals surface area contributed by atoms with Gasteiger partial charge in [0.25, 0.3) is 0 Å². The molecule has 1 aliphatic heterocycles. The highest BCUT2D eigenvalue weighted by Crippen LogP contribution is 2.33. The molecular formula is C29H42F4N4OS. The van der Waals surface area contributed by atoms with Gasteiger partial charge in [-0.3, -0.25) is 4.68 Å². The van der Waals surface area contributed by atoms with Gasteiger partial charge in [-0.05, 0) is 86.6 Å². The maximum atomic E-state index is 14.1. The zero-order chi connectivity index (χ0) is 28.4. The molecule has 0 bridgehead atoms. The number of benzene rings is 1. The normalized spacial score (nSPS) is 17.7. The van der Waals surface area contributed by atoms with Crippen molar-refractivity contribution >= 4 is 22.7 Å². The summed E-state index contributed by atoms with van der Waals surface area (Å²) >= 11 is 1.22. The van der Waals surface area contributed by atoms with Gasteiger partial charge in [-0.2, -0.15) is 18.3 Å². The van der Waals surface area contributed by atoms with Crippen LogP contribution >= 0.6 is 11.8 Å². The van der Waals surface area contributed by atoms with E-state index in [2.05, 4.69) is 29.6 Å². The Bertz CT molecular complexity index is 1100. The first-order valence-corrected chi connectivity index (χ1v) is 14.7. The molecule has 1 aromatic heterocycles. The van der Waals surface area contributed by atoms with Crippen molar-refractivity contribution in [2.45, 2.75) is 64.5 Å². The summed E-state index contributed by atoms with van der Waals surface area (Å²) in [7, 11) is 1.81. The molecular weight excluding hydrogens is 528 g/mol. The molecule has 0 fully saturated rings. The quantitative estimate of drug-likeness (QED) is 0.182. The van der Waals surface area contributed by atoms with Crippen LogP contribution in [0.5, 0.6) is 0 Å². The zero-order valence-electron chi connectivity index (χ0n) is 23.1. The monoisotopic (exact) mass is 570 g/mol. The summed E-state index contributed by atoms with van der Waals surface area (Å²) in [4.78, 5) is 3.51. The van der Waals surface area contributed by atoms with E-state index < -0.39 is 12.8 Å². The molecule has 2 unspecified atom stereocenters. The number of fused-ring (bicyclic) bond motifs is 1. The highest BCUT2D eigenvalue weighted by Gasteiger charge is 2.29. The second-order valence-corrected chi connectivity index (χ2v) is 11.7. The lowest BCUT2D eigenvalue weighted by atomic mass is 9.92. The van der Waals surface area contributed by atoms with Gasteiger partial charge in [0.1, 0.15) is 5.52 Å². The molecule has 1 aromatic carbocycles. The number of hydrogen-bond donors (Lipinski definition) is 1. The first kappa shape index (κ1) is 31.5. The van der Waals surface area contributed by atoms with Crippen LogP contribution in [-0.2, 0) is 18.2 Å². The van der Waals surface area contributed by atoms with Crippen LogP contribution < -0.4 is 5.73 Å². The number of alkyl halides is 3. The van der Waals surface area contributed by atoms with Crippen molar-refractivity contribution in [2.24, 2.45) is 24.6 Å². The molecule has 2 atom stereocenters. The smallest absolute Gasteiger partial charge is 0.422 e. The van der Waals surface area contributed by atoms with Crippen LogP contribution in [0.1, 0.15) is 57.4 Å². The summed E-state index contributed by atoms with van der Waals surface area (Å²) in [5.74, 6) is 0.567. The summed E-state index contributed by atoms with van der Waals surface area (Å²) in [5, 5.41) is 5.23. The first-order chi connectivity index (χ1) is 18.6. The average Bonchev–Trinajstić information content (AvgIpc) is 3.17. The SMILES string of the molecule is C=C(OCC(F)(F)F)SC1=CC(CCC)CN(CCC(CCN)CCCc2ccc(F)c3nn(C)cc23)CC1. The molecule has 5 nitrogen and oxygen atoms in total. The maximum Gasteiger partial charge on any atom is 0.422 e. The van der Waals surface area contributed by atoms with E-state index in [1.807, 2.05) is 19.3 Å². The van der Waals surface area contributed by atoms with Gasteiger partial charge in [0, 0.05) is 31.7 Å². The minimum Gasteiger partial charge on any atom is -0.478 e. The molecule has 39 heavy (non-hydrogen) atoms. The van der Waals surface area contributed by atoms with Crippen LogP contribution in [0.2, 0.25) is 0 Å². The fourth-order valence-electron chi connectivity index (χ4n) is 5.34. The molecule has 1 aliphatic rings. The van der Waals surface area contributed by atoms with Crippen molar-refractivity contribution in [3.05, 3.63) is 52.4 Å². The van der Waals surface area contributed by atoms with Gasteiger partial charge in [0.05, 0.1) is 0 Å². The predicted octanol–water partition coefficient (Wildman–Crippen LogP) is 7.18. The molecule has 2 N–H and O–H groups in total. The summed E-state index contributed by atoms with van der Waals surface area (Å²) < 4.78 is 58.1. The van der Waals surface area contributed by atoms with E-state index in [0.717, 1.165) is 86.9 Å². The Kier molecular flexibility index (Phi) is 12.2. The van der Waals surface area contributed by atoms with Gasteiger partial charge < -0.3 is 15.4 Å². The van der Waals surface area contributed by atoms with Crippen molar-refractivity contribution < 1.29 is 22.3 Å². The van der Waals surface area contributed by atoms with Gasteiger partial charge in [0.15, 0.2) is 17.5 Å². The molecule has 2 aromatic rings. The van der Waals surface area contributed by atoms with E-state index in [1.54, 1.807) is 4.68 Å². The fraction of sp³-hybridized carbons (Fsp3) is 0.621. The number of aromatic nitrogens is 2. The molecule has 3 rings (SSSR count). The van der Waals surface area contributed by atoms with E-state index in [1.165, 1.54) is 17.8 Å². The number of ether oxygens (including phenoxy) is 1. The average molecular weight is 571 g/mol. The standard InChI is InChI=1S/C29H42F4N4OS/c1-4-6-23-17-25(39-21(2)38-20-29(31,32)33)13-16-37(18-23)15-12-22(11-14-34)7-5-8-24-9-10-27(30)28-26(24)19-36(3)35-28/h9-10,17,19,22-23H,2,4-8,11-16,18,20,34H2,1,3H3. The highest BCUT2D eigenvalue weighted by atomic mass is 32.2. The van der Waals surface area contributed by atoms with Crippen LogP contribution in [-0.4, -0.2) is 53.6 Å². The van der Waals surface area contributed by atoms with Gasteiger partial charge in [0.2, 0.25) is 0 Å². The lowest BCUT2D eigenvalue weighted by Gasteiger charge is -2.26. The number of thioether (sulfide) groups is 1. The number of nitrogens with two attached hydrogens (primary N) is 1. The van der Waals surface area contributed by atoms with Crippen LogP contribution in [0.4, 0.5) is 17.6 Å². The second kappa shape index (κ2) is 15.1. The predicted molar refractivity (Wildman–Crippen MR) is 152 cm³/mol. The van der Waals surface area contributed by atoms with Crippen molar-refractivity contribution in [3.63, 3.8) is 0 Å². The first-order valence-electron chi connectivity index (χ1n) is 13.9. The van der Waals surface area contributed by atoms with E-state index in [4.69, 9.17) is 10.5 Å². The number of hydrogen-bond acceptors (Lipinski definition) is 5. The molecule has 0 spiro atoms. The molecule has 0 saturated carbocycles. The van der Waals surface area contributed by atoms with Gasteiger partial charge in [-0.1, -0.05) is 43.7 Å². The Morgan fingerprint density at radius 2 is 2.08 bits per heavy atom. The Morgan fingerprint density at radius 1 is 1.28 bits per heavy atom. The van der Waals surface area contributed by atoms with Crippen LogP contribution in [0.15, 0.2) is 41.0 Å². The largest absolute Gasteiger partial charge is 0.478 e. The third-order valence-electron chi connectivity index (χ3n) is 7.21. The van der Waals surface area contributed by atoms with Crippen LogP contribution in [0.25, 0.3) is 10.9 Å². The van der Waals surface area contributed by atoms with Gasteiger partial charge in [-0.15, -0.1) is 0 Å². The Hall–Kier alpha value is -2.04. The molecule has 0 aliphatic carbocycles. The van der Waals surface area contributed by atoms with Gasteiger partial charge >= 0.3 is 6.18 Å². The Balaban J connectivity index is 1.51. The highest BCUT2D eigenvalue weighted by molar-refractivity contribution is 8.06. The summed E-state index contributed by atoms with van der Waals surface area (Å²) in [5.41, 5.74) is 7.50. The maximum absolute atomic E-state index is 14.1. The molecule has 10 heteroatoms. The lowest BCUT2D eigenvalue weighted by Crippen LogP contribution is -2.31. The number of halogens is 4. The van der Waals surface area contributed by atoms with Crippen molar-refractivity contribution in [3.8, 4) is 0 Å². The Morgan fingerprint density at radius 3 is 2.79 bits per heavy atom. The molecule has 0 saturated heterocycles. The molecule has 0 amide bonds. The van der Waals surface area contributed by atoms with E-state index in [9.17, 15) is 17.6 Å². The minimum absolute atomic E-state index is 0.0926. The number of nitrogens with zero attached hydrogens (tertiary/aromatic N) is 3. The molecule has 218 valence electrons. The van der Waals surface area contributed by atoms with E-state index in [0.29, 0.717) is 23.9 Å². The van der Waals surface area contributed by atoms with Crippen molar-refractivity contribution in [1.82, 2.24) is 14.7 Å². The Labute approximate surface area is 233 Å². The van der Waals surface area contributed by atoms with Crippen LogP contribution in [0.3, 0.4) is 0 Å². The van der Waals surface area contributed by atoms with Crippen molar-refractivity contribution in [2.75, 3.05) is 32.8 Å². The second-order valence-electron chi connectivity index (χ2n) is 10.5. The topological polar surface area (TPSA) is 56.3 Å².